The van der Waals surface area contributed by atoms with Crippen LogP contribution in [0.5, 0.6) is 5.75 Å². The molecule has 6 heteroatoms. The van der Waals surface area contributed by atoms with Crippen molar-refractivity contribution < 1.29 is 14.6 Å². The number of carbonyl (C=O) groups excluding carboxylic acids is 1. The third-order valence-corrected chi connectivity index (χ3v) is 4.33. The van der Waals surface area contributed by atoms with Crippen LogP contribution in [-0.2, 0) is 11.2 Å². The van der Waals surface area contributed by atoms with Crippen molar-refractivity contribution in [1.29, 1.82) is 5.41 Å². The van der Waals surface area contributed by atoms with Crippen LogP contribution in [0.4, 0.5) is 4.79 Å². The first-order valence-electron chi connectivity index (χ1n) is 9.26. The first-order chi connectivity index (χ1) is 13.2. The van der Waals surface area contributed by atoms with E-state index in [1.165, 1.54) is 11.6 Å². The lowest BCUT2D eigenvalue weighted by atomic mass is 9.96. The molecule has 0 radical (unpaired) electrons. The predicted molar refractivity (Wildman–Crippen MR) is 112 cm³/mol. The number of carbonyl (C=O) groups is 1. The third kappa shape index (κ3) is 6.89. The van der Waals surface area contributed by atoms with Crippen molar-refractivity contribution in [3.05, 3.63) is 64.7 Å². The van der Waals surface area contributed by atoms with E-state index < -0.39 is 17.7 Å². The highest BCUT2D eigenvalue weighted by Crippen LogP contribution is 2.24. The fourth-order valence-electron chi connectivity index (χ4n) is 2.81. The molecule has 0 aliphatic carbocycles. The number of ether oxygens (including phenoxy) is 1. The lowest BCUT2D eigenvalue weighted by molar-refractivity contribution is 0.0516. The lowest BCUT2D eigenvalue weighted by Gasteiger charge is -2.24. The molecule has 150 valence electrons. The highest BCUT2D eigenvalue weighted by molar-refractivity contribution is 6.30. The average molecular weight is 403 g/mol. The summed E-state index contributed by atoms with van der Waals surface area (Å²) in [6.45, 7) is 5.36. The molecule has 0 saturated carbocycles. The van der Waals surface area contributed by atoms with Gasteiger partial charge in [-0.25, -0.2) is 4.79 Å². The minimum atomic E-state index is -0.636. The van der Waals surface area contributed by atoms with E-state index in [1.54, 1.807) is 32.9 Å². The number of hydrogen-bond acceptors (Lipinski definition) is 4. The molecule has 1 unspecified atom stereocenters. The molecule has 2 aromatic rings. The van der Waals surface area contributed by atoms with Crippen LogP contribution in [0.25, 0.3) is 0 Å². The molecule has 0 fully saturated rings. The van der Waals surface area contributed by atoms with Crippen LogP contribution >= 0.6 is 11.6 Å². The number of benzene rings is 2. The van der Waals surface area contributed by atoms with Crippen molar-refractivity contribution in [3.8, 4) is 5.75 Å². The molecule has 28 heavy (non-hydrogen) atoms. The Morgan fingerprint density at radius 3 is 2.50 bits per heavy atom. The molecule has 1 amide bonds. The minimum Gasteiger partial charge on any atom is -0.507 e. The van der Waals surface area contributed by atoms with Gasteiger partial charge < -0.3 is 20.6 Å². The van der Waals surface area contributed by atoms with Crippen LogP contribution < -0.4 is 5.32 Å². The first kappa shape index (κ1) is 21.8. The molecule has 3 N–H and O–H groups in total. The number of nitrogens with one attached hydrogen (secondary N) is 2. The second kappa shape index (κ2) is 9.60. The predicted octanol–water partition coefficient (Wildman–Crippen LogP) is 5.33. The lowest BCUT2D eigenvalue weighted by Crippen LogP contribution is -2.43. The van der Waals surface area contributed by atoms with Gasteiger partial charge in [0, 0.05) is 10.6 Å². The SMILES string of the molecule is CC(C)(C)OC(=O)NC(CCCc1ccccc1)C(=N)c1ccc(Cl)cc1O. The van der Waals surface area contributed by atoms with Gasteiger partial charge in [0.25, 0.3) is 0 Å². The molecule has 0 aliphatic heterocycles. The summed E-state index contributed by atoms with van der Waals surface area (Å²) in [6.07, 6.45) is 1.54. The van der Waals surface area contributed by atoms with Crippen molar-refractivity contribution in [3.63, 3.8) is 0 Å². The van der Waals surface area contributed by atoms with E-state index in [0.29, 0.717) is 17.0 Å². The zero-order valence-corrected chi connectivity index (χ0v) is 17.2. The van der Waals surface area contributed by atoms with Crippen molar-refractivity contribution in [2.24, 2.45) is 0 Å². The Balaban J connectivity index is 2.12. The molecule has 5 nitrogen and oxygen atoms in total. The van der Waals surface area contributed by atoms with Crippen LogP contribution in [0.1, 0.15) is 44.7 Å². The van der Waals surface area contributed by atoms with Gasteiger partial charge in [-0.3, -0.25) is 0 Å². The molecule has 0 spiro atoms. The molecular formula is C22H27ClN2O3. The summed E-state index contributed by atoms with van der Waals surface area (Å²) in [5.74, 6) is -0.0865. The topological polar surface area (TPSA) is 82.4 Å². The number of rotatable bonds is 7. The zero-order valence-electron chi connectivity index (χ0n) is 16.5. The number of aryl methyl sites for hydroxylation is 1. The Kier molecular flexibility index (Phi) is 7.46. The Hall–Kier alpha value is -2.53. The van der Waals surface area contributed by atoms with Gasteiger partial charge in [0.05, 0.1) is 11.8 Å². The molecule has 0 saturated heterocycles. The van der Waals surface area contributed by atoms with E-state index >= 15 is 0 Å². The first-order valence-corrected chi connectivity index (χ1v) is 9.64. The van der Waals surface area contributed by atoms with E-state index in [9.17, 15) is 9.90 Å². The van der Waals surface area contributed by atoms with Gasteiger partial charge in [0.1, 0.15) is 11.4 Å². The number of phenolic OH excluding ortho intramolecular Hbond substituents is 1. The maximum atomic E-state index is 12.3. The number of aromatic hydroxyl groups is 1. The van der Waals surface area contributed by atoms with Gasteiger partial charge in [-0.1, -0.05) is 41.9 Å². The van der Waals surface area contributed by atoms with Crippen molar-refractivity contribution in [2.45, 2.75) is 51.7 Å². The summed E-state index contributed by atoms with van der Waals surface area (Å²) in [5.41, 5.74) is 1.01. The maximum Gasteiger partial charge on any atom is 0.408 e. The zero-order chi connectivity index (χ0) is 20.7. The standard InChI is InChI=1S/C22H27ClN2O3/c1-22(2,3)28-21(27)25-18(11-7-10-15-8-5-4-6-9-15)20(24)17-13-12-16(23)14-19(17)26/h4-6,8-9,12-14,18,24,26H,7,10-11H2,1-3H3,(H,25,27). The normalized spacial score (nSPS) is 12.3. The average Bonchev–Trinajstić information content (AvgIpc) is 2.59. The summed E-state index contributed by atoms with van der Waals surface area (Å²) >= 11 is 5.89. The number of hydrogen-bond donors (Lipinski definition) is 3. The Bertz CT molecular complexity index is 816. The van der Waals surface area contributed by atoms with Gasteiger partial charge in [-0.15, -0.1) is 0 Å². The fourth-order valence-corrected chi connectivity index (χ4v) is 2.98. The summed E-state index contributed by atoms with van der Waals surface area (Å²) in [6, 6.07) is 14.0. The van der Waals surface area contributed by atoms with Crippen LogP contribution in [0.3, 0.4) is 0 Å². The van der Waals surface area contributed by atoms with E-state index in [-0.39, 0.29) is 11.5 Å². The van der Waals surface area contributed by atoms with Gasteiger partial charge in [0.2, 0.25) is 0 Å². The minimum absolute atomic E-state index is 0.0865. The number of amides is 1. The van der Waals surface area contributed by atoms with Crippen molar-refractivity contribution in [1.82, 2.24) is 5.32 Å². The maximum absolute atomic E-state index is 12.3. The third-order valence-electron chi connectivity index (χ3n) is 4.09. The largest absolute Gasteiger partial charge is 0.507 e. The number of halogens is 1. The molecule has 0 aliphatic rings. The Labute approximate surface area is 171 Å². The van der Waals surface area contributed by atoms with E-state index in [4.69, 9.17) is 21.7 Å². The molecule has 0 aromatic heterocycles. The number of phenols is 1. The second-order valence-corrected chi connectivity index (χ2v) is 8.09. The fraction of sp³-hybridized carbons (Fsp3) is 0.364. The van der Waals surface area contributed by atoms with Gasteiger partial charge in [-0.05, 0) is 63.8 Å². The van der Waals surface area contributed by atoms with E-state index in [2.05, 4.69) is 5.32 Å². The summed E-state index contributed by atoms with van der Waals surface area (Å²) in [4.78, 5) is 12.3. The van der Waals surface area contributed by atoms with Gasteiger partial charge in [-0.2, -0.15) is 0 Å². The second-order valence-electron chi connectivity index (χ2n) is 7.65. The molecular weight excluding hydrogens is 376 g/mol. The highest BCUT2D eigenvalue weighted by Gasteiger charge is 2.24. The molecule has 2 aromatic carbocycles. The summed E-state index contributed by atoms with van der Waals surface area (Å²) in [5, 5.41) is 21.9. The number of alkyl carbamates (subject to hydrolysis) is 1. The van der Waals surface area contributed by atoms with Gasteiger partial charge >= 0.3 is 6.09 Å². The van der Waals surface area contributed by atoms with Crippen LogP contribution in [-0.4, -0.2) is 28.6 Å². The van der Waals surface area contributed by atoms with Crippen LogP contribution in [0, 0.1) is 5.41 Å². The Morgan fingerprint density at radius 1 is 1.21 bits per heavy atom. The molecule has 0 heterocycles. The van der Waals surface area contributed by atoms with Crippen molar-refractivity contribution in [2.75, 3.05) is 0 Å². The molecule has 2 rings (SSSR count). The summed E-state index contributed by atoms with van der Waals surface area (Å²) in [7, 11) is 0. The van der Waals surface area contributed by atoms with Gasteiger partial charge in [0.15, 0.2) is 0 Å². The smallest absolute Gasteiger partial charge is 0.408 e. The van der Waals surface area contributed by atoms with E-state index in [1.807, 2.05) is 30.3 Å². The Morgan fingerprint density at radius 2 is 1.89 bits per heavy atom. The van der Waals surface area contributed by atoms with Crippen LogP contribution in [0.2, 0.25) is 5.02 Å². The van der Waals surface area contributed by atoms with E-state index in [0.717, 1.165) is 12.8 Å². The molecule has 0 bridgehead atoms. The summed E-state index contributed by atoms with van der Waals surface area (Å²) < 4.78 is 5.34. The highest BCUT2D eigenvalue weighted by atomic mass is 35.5. The quantitative estimate of drug-likeness (QED) is 0.547. The molecule has 1 atom stereocenters. The monoisotopic (exact) mass is 402 g/mol. The van der Waals surface area contributed by atoms with Crippen molar-refractivity contribution >= 4 is 23.4 Å². The van der Waals surface area contributed by atoms with Crippen LogP contribution in [0.15, 0.2) is 48.5 Å².